The van der Waals surface area contributed by atoms with Gasteiger partial charge in [-0.05, 0) is 30.5 Å². The molecule has 2 N–H and O–H groups in total. The second kappa shape index (κ2) is 5.64. The van der Waals surface area contributed by atoms with Crippen molar-refractivity contribution in [2.75, 3.05) is 6.54 Å². The van der Waals surface area contributed by atoms with Crippen LogP contribution in [0.15, 0.2) is 24.3 Å². The molecule has 1 aliphatic carbocycles. The molecule has 19 heavy (non-hydrogen) atoms. The zero-order valence-corrected chi connectivity index (χ0v) is 10.7. The van der Waals surface area contributed by atoms with Crippen LogP contribution in [0, 0.1) is 5.82 Å². The highest BCUT2D eigenvalue weighted by molar-refractivity contribution is 5.85. The van der Waals surface area contributed by atoms with E-state index < -0.39 is 23.6 Å². The first-order valence-corrected chi connectivity index (χ1v) is 5.59. The van der Waals surface area contributed by atoms with Crippen LogP contribution in [0.4, 0.5) is 17.6 Å². The number of hydrogen-bond donors (Lipinski definition) is 2. The van der Waals surface area contributed by atoms with Crippen LogP contribution in [0.25, 0.3) is 0 Å². The third-order valence-electron chi connectivity index (χ3n) is 3.16. The minimum atomic E-state index is -4.31. The van der Waals surface area contributed by atoms with E-state index in [2.05, 4.69) is 5.32 Å². The molecule has 1 aliphatic rings. The fourth-order valence-corrected chi connectivity index (χ4v) is 1.81. The van der Waals surface area contributed by atoms with E-state index in [9.17, 15) is 22.7 Å². The van der Waals surface area contributed by atoms with Crippen LogP contribution in [-0.2, 0) is 0 Å². The van der Waals surface area contributed by atoms with Gasteiger partial charge in [-0.1, -0.05) is 12.1 Å². The molecule has 0 saturated heterocycles. The lowest BCUT2D eigenvalue weighted by Crippen LogP contribution is -2.46. The van der Waals surface area contributed by atoms with Gasteiger partial charge in [-0.25, -0.2) is 4.39 Å². The van der Waals surface area contributed by atoms with Gasteiger partial charge in [0.15, 0.2) is 0 Å². The van der Waals surface area contributed by atoms with Crippen LogP contribution >= 0.6 is 12.4 Å². The van der Waals surface area contributed by atoms with Gasteiger partial charge >= 0.3 is 6.18 Å². The van der Waals surface area contributed by atoms with Gasteiger partial charge in [0.1, 0.15) is 11.4 Å². The predicted molar refractivity (Wildman–Crippen MR) is 64.6 cm³/mol. The number of alkyl halides is 3. The molecule has 2 nitrogen and oxygen atoms in total. The number of benzene rings is 1. The van der Waals surface area contributed by atoms with Gasteiger partial charge in [0.05, 0.1) is 6.10 Å². The molecule has 1 aromatic carbocycles. The number of β-amino-alcohol motifs (C(OH)–C–C–N with tert-alkyl or cyclic N) is 1. The van der Waals surface area contributed by atoms with E-state index in [0.717, 1.165) is 6.07 Å². The second-order valence-electron chi connectivity index (χ2n) is 4.53. The molecule has 0 aliphatic heterocycles. The summed E-state index contributed by atoms with van der Waals surface area (Å²) in [7, 11) is 0. The van der Waals surface area contributed by atoms with Gasteiger partial charge in [-0.2, -0.15) is 13.2 Å². The van der Waals surface area contributed by atoms with Crippen molar-refractivity contribution in [2.24, 2.45) is 0 Å². The fourth-order valence-electron chi connectivity index (χ4n) is 1.81. The quantitative estimate of drug-likeness (QED) is 0.838. The Bertz CT molecular complexity index is 434. The number of hydrogen-bond acceptors (Lipinski definition) is 2. The minimum Gasteiger partial charge on any atom is -0.387 e. The predicted octanol–water partition coefficient (Wildman–Crippen LogP) is 2.97. The highest BCUT2D eigenvalue weighted by Crippen LogP contribution is 2.49. The minimum absolute atomic E-state index is 0. The largest absolute Gasteiger partial charge is 0.406 e. The highest BCUT2D eigenvalue weighted by atomic mass is 35.5. The average molecular weight is 300 g/mol. The summed E-state index contributed by atoms with van der Waals surface area (Å²) in [6, 6.07) is 5.20. The number of aliphatic hydroxyl groups excluding tert-OH is 1. The first kappa shape index (κ1) is 16.2. The molecular weight excluding hydrogens is 286 g/mol. The monoisotopic (exact) mass is 299 g/mol. The molecule has 108 valence electrons. The molecule has 0 spiro atoms. The van der Waals surface area contributed by atoms with Crippen LogP contribution in [0.5, 0.6) is 0 Å². The van der Waals surface area contributed by atoms with Crippen LogP contribution in [0.2, 0.25) is 0 Å². The van der Waals surface area contributed by atoms with Gasteiger partial charge in [-0.3, -0.25) is 0 Å². The smallest absolute Gasteiger partial charge is 0.387 e. The van der Waals surface area contributed by atoms with Crippen molar-refractivity contribution in [3.63, 3.8) is 0 Å². The van der Waals surface area contributed by atoms with E-state index in [4.69, 9.17) is 0 Å². The van der Waals surface area contributed by atoms with E-state index in [1.807, 2.05) is 0 Å². The average Bonchev–Trinajstić information content (AvgIpc) is 3.06. The molecule has 0 aromatic heterocycles. The van der Waals surface area contributed by atoms with Gasteiger partial charge in [0.2, 0.25) is 0 Å². The Labute approximate surface area is 114 Å². The van der Waals surface area contributed by atoms with Gasteiger partial charge in [0, 0.05) is 6.54 Å². The molecule has 2 rings (SSSR count). The normalized spacial score (nSPS) is 18.6. The van der Waals surface area contributed by atoms with Crippen molar-refractivity contribution in [3.8, 4) is 0 Å². The Morgan fingerprint density at radius 2 is 1.95 bits per heavy atom. The van der Waals surface area contributed by atoms with Crippen molar-refractivity contribution < 1.29 is 22.7 Å². The van der Waals surface area contributed by atoms with Crippen molar-refractivity contribution in [1.29, 1.82) is 0 Å². The summed E-state index contributed by atoms with van der Waals surface area (Å²) in [5.74, 6) is -0.525. The van der Waals surface area contributed by atoms with Crippen LogP contribution in [0.1, 0.15) is 24.5 Å². The lowest BCUT2D eigenvalue weighted by atomic mass is 10.1. The molecule has 1 unspecified atom stereocenters. The number of nitrogens with one attached hydrogen (secondary N) is 1. The maximum absolute atomic E-state index is 12.9. The molecule has 1 aromatic rings. The maximum Gasteiger partial charge on any atom is 0.406 e. The third kappa shape index (κ3) is 3.58. The standard InChI is InChI=1S/C12H13F4NO.ClH/c13-9-3-1-2-8(6-9)10(18)7-17-11(4-5-11)12(14,15)16;/h1-3,6,10,17-18H,4-5,7H2;1H. The number of rotatable bonds is 4. The van der Waals surface area contributed by atoms with Crippen molar-refractivity contribution in [2.45, 2.75) is 30.7 Å². The van der Waals surface area contributed by atoms with Crippen molar-refractivity contribution in [1.82, 2.24) is 5.32 Å². The number of halogens is 5. The molecule has 0 amide bonds. The van der Waals surface area contributed by atoms with Crippen LogP contribution in [-0.4, -0.2) is 23.4 Å². The van der Waals surface area contributed by atoms with E-state index in [-0.39, 0.29) is 37.4 Å². The van der Waals surface area contributed by atoms with Crippen LogP contribution < -0.4 is 5.32 Å². The Morgan fingerprint density at radius 1 is 1.32 bits per heavy atom. The van der Waals surface area contributed by atoms with Gasteiger partial charge < -0.3 is 10.4 Å². The molecule has 0 radical (unpaired) electrons. The lowest BCUT2D eigenvalue weighted by molar-refractivity contribution is -0.166. The Kier molecular flexibility index (Phi) is 4.81. The lowest BCUT2D eigenvalue weighted by Gasteiger charge is -2.22. The first-order valence-electron chi connectivity index (χ1n) is 5.59. The van der Waals surface area contributed by atoms with Gasteiger partial charge in [0.25, 0.3) is 0 Å². The maximum atomic E-state index is 12.9. The van der Waals surface area contributed by atoms with E-state index in [1.165, 1.54) is 18.2 Å². The summed E-state index contributed by atoms with van der Waals surface area (Å²) in [5.41, 5.74) is -1.60. The topological polar surface area (TPSA) is 32.3 Å². The molecule has 0 heterocycles. The molecule has 1 saturated carbocycles. The highest BCUT2D eigenvalue weighted by Gasteiger charge is 2.63. The molecule has 0 bridgehead atoms. The van der Waals surface area contributed by atoms with E-state index >= 15 is 0 Å². The molecule has 1 fully saturated rings. The summed E-state index contributed by atoms with van der Waals surface area (Å²) in [5, 5.41) is 12.0. The first-order chi connectivity index (χ1) is 8.34. The Morgan fingerprint density at radius 3 is 2.42 bits per heavy atom. The van der Waals surface area contributed by atoms with E-state index in [1.54, 1.807) is 0 Å². The zero-order valence-electron chi connectivity index (χ0n) is 9.88. The molecule has 1 atom stereocenters. The van der Waals surface area contributed by atoms with Gasteiger partial charge in [-0.15, -0.1) is 12.4 Å². The van der Waals surface area contributed by atoms with Crippen LogP contribution in [0.3, 0.4) is 0 Å². The fraction of sp³-hybridized carbons (Fsp3) is 0.500. The third-order valence-corrected chi connectivity index (χ3v) is 3.16. The Hall–Kier alpha value is -0.850. The molecular formula is C12H14ClF4NO. The summed E-state index contributed by atoms with van der Waals surface area (Å²) in [6.45, 7) is -0.247. The van der Waals surface area contributed by atoms with Crippen molar-refractivity contribution in [3.05, 3.63) is 35.6 Å². The zero-order chi connectivity index (χ0) is 13.4. The SMILES string of the molecule is Cl.OC(CNC1(C(F)(F)F)CC1)c1cccc(F)c1. The van der Waals surface area contributed by atoms with E-state index in [0.29, 0.717) is 0 Å². The molecule has 7 heteroatoms. The number of aliphatic hydroxyl groups is 1. The summed E-state index contributed by atoms with van der Waals surface area (Å²) >= 11 is 0. The summed E-state index contributed by atoms with van der Waals surface area (Å²) < 4.78 is 50.7. The second-order valence-corrected chi connectivity index (χ2v) is 4.53. The Balaban J connectivity index is 0.00000180. The summed E-state index contributed by atoms with van der Waals surface area (Å²) in [6.07, 6.45) is -5.42. The van der Waals surface area contributed by atoms with Crippen molar-refractivity contribution >= 4 is 12.4 Å². The summed E-state index contributed by atoms with van der Waals surface area (Å²) in [4.78, 5) is 0.